The van der Waals surface area contributed by atoms with Gasteiger partial charge in [0, 0.05) is 11.7 Å². The van der Waals surface area contributed by atoms with Gasteiger partial charge in [-0.3, -0.25) is 0 Å². The molecule has 4 heteroatoms. The summed E-state index contributed by atoms with van der Waals surface area (Å²) < 4.78 is 5.80. The van der Waals surface area contributed by atoms with Crippen LogP contribution in [0.4, 0.5) is 5.69 Å². The van der Waals surface area contributed by atoms with E-state index in [1.165, 1.54) is 5.56 Å². The van der Waals surface area contributed by atoms with E-state index < -0.39 is 0 Å². The van der Waals surface area contributed by atoms with Crippen molar-refractivity contribution in [3.63, 3.8) is 0 Å². The van der Waals surface area contributed by atoms with Crippen molar-refractivity contribution in [1.29, 1.82) is 0 Å². The Morgan fingerprint density at radius 1 is 1.09 bits per heavy atom. The summed E-state index contributed by atoms with van der Waals surface area (Å²) in [6.45, 7) is 1.56. The SMILES string of the molecule is NC1CC(Nc2ccc(OCc3ccccc3)cc2)CCN1. The van der Waals surface area contributed by atoms with Gasteiger partial charge in [-0.1, -0.05) is 30.3 Å². The molecule has 1 fully saturated rings. The highest BCUT2D eigenvalue weighted by Crippen LogP contribution is 2.19. The number of nitrogens with one attached hydrogen (secondary N) is 2. The lowest BCUT2D eigenvalue weighted by Gasteiger charge is -2.29. The summed E-state index contributed by atoms with van der Waals surface area (Å²) in [6.07, 6.45) is 2.14. The van der Waals surface area contributed by atoms with Gasteiger partial charge in [0.1, 0.15) is 12.4 Å². The highest BCUT2D eigenvalue weighted by molar-refractivity contribution is 5.47. The van der Waals surface area contributed by atoms with E-state index in [0.29, 0.717) is 12.6 Å². The second kappa shape index (κ2) is 7.29. The lowest BCUT2D eigenvalue weighted by atomic mass is 10.0. The van der Waals surface area contributed by atoms with E-state index in [1.807, 2.05) is 30.3 Å². The maximum atomic E-state index is 5.93. The van der Waals surface area contributed by atoms with Crippen LogP contribution in [0.1, 0.15) is 18.4 Å². The molecule has 4 nitrogen and oxygen atoms in total. The summed E-state index contributed by atoms with van der Waals surface area (Å²) in [5, 5.41) is 6.79. The molecule has 0 aromatic heterocycles. The van der Waals surface area contributed by atoms with Crippen molar-refractivity contribution >= 4 is 5.69 Å². The van der Waals surface area contributed by atoms with Gasteiger partial charge >= 0.3 is 0 Å². The van der Waals surface area contributed by atoms with E-state index in [-0.39, 0.29) is 6.17 Å². The van der Waals surface area contributed by atoms with Gasteiger partial charge in [-0.15, -0.1) is 0 Å². The summed E-state index contributed by atoms with van der Waals surface area (Å²) in [7, 11) is 0. The third-order valence-electron chi connectivity index (χ3n) is 3.91. The molecule has 4 N–H and O–H groups in total. The third kappa shape index (κ3) is 4.23. The molecular formula is C18H23N3O. The molecule has 1 heterocycles. The highest BCUT2D eigenvalue weighted by Gasteiger charge is 2.18. The van der Waals surface area contributed by atoms with E-state index in [9.17, 15) is 0 Å². The Bertz CT molecular complexity index is 571. The Morgan fingerprint density at radius 3 is 2.59 bits per heavy atom. The van der Waals surface area contributed by atoms with Crippen molar-refractivity contribution in [3.05, 3.63) is 60.2 Å². The number of piperidine rings is 1. The van der Waals surface area contributed by atoms with Crippen molar-refractivity contribution in [3.8, 4) is 5.75 Å². The Labute approximate surface area is 131 Å². The van der Waals surface area contributed by atoms with Crippen molar-refractivity contribution in [1.82, 2.24) is 5.32 Å². The lowest BCUT2D eigenvalue weighted by molar-refractivity contribution is 0.306. The summed E-state index contributed by atoms with van der Waals surface area (Å²) in [4.78, 5) is 0. The number of hydrogen-bond acceptors (Lipinski definition) is 4. The number of anilines is 1. The molecule has 0 bridgehead atoms. The first-order valence-electron chi connectivity index (χ1n) is 7.82. The fourth-order valence-corrected chi connectivity index (χ4v) is 2.71. The quantitative estimate of drug-likeness (QED) is 0.794. The molecule has 2 aromatic carbocycles. The third-order valence-corrected chi connectivity index (χ3v) is 3.91. The maximum absolute atomic E-state index is 5.93. The normalized spacial score (nSPS) is 21.3. The van der Waals surface area contributed by atoms with Gasteiger partial charge in [0.15, 0.2) is 0 Å². The van der Waals surface area contributed by atoms with E-state index in [1.54, 1.807) is 0 Å². The molecule has 2 unspecified atom stereocenters. The second-order valence-electron chi connectivity index (χ2n) is 5.72. The van der Waals surface area contributed by atoms with Gasteiger partial charge in [-0.25, -0.2) is 0 Å². The highest BCUT2D eigenvalue weighted by atomic mass is 16.5. The molecule has 2 atom stereocenters. The first kappa shape index (κ1) is 14.9. The summed E-state index contributed by atoms with van der Waals surface area (Å²) in [5.41, 5.74) is 8.22. The average Bonchev–Trinajstić information content (AvgIpc) is 2.55. The molecule has 0 amide bonds. The first-order valence-corrected chi connectivity index (χ1v) is 7.82. The zero-order valence-corrected chi connectivity index (χ0v) is 12.7. The van der Waals surface area contributed by atoms with Crippen LogP contribution in [0, 0.1) is 0 Å². The topological polar surface area (TPSA) is 59.3 Å². The van der Waals surface area contributed by atoms with Gasteiger partial charge in [0.25, 0.3) is 0 Å². The van der Waals surface area contributed by atoms with Crippen LogP contribution in [0.2, 0.25) is 0 Å². The van der Waals surface area contributed by atoms with Gasteiger partial charge in [0.2, 0.25) is 0 Å². The number of rotatable bonds is 5. The Morgan fingerprint density at radius 2 is 1.86 bits per heavy atom. The van der Waals surface area contributed by atoms with Crippen LogP contribution in [0.5, 0.6) is 5.75 Å². The molecule has 0 aliphatic carbocycles. The van der Waals surface area contributed by atoms with Gasteiger partial charge < -0.3 is 21.1 Å². The monoisotopic (exact) mass is 297 g/mol. The zero-order valence-electron chi connectivity index (χ0n) is 12.7. The average molecular weight is 297 g/mol. The largest absolute Gasteiger partial charge is 0.489 e. The predicted molar refractivity (Wildman–Crippen MR) is 89.8 cm³/mol. The summed E-state index contributed by atoms with van der Waals surface area (Å²) in [6, 6.07) is 18.8. The molecule has 2 aromatic rings. The zero-order chi connectivity index (χ0) is 15.2. The van der Waals surface area contributed by atoms with Crippen molar-refractivity contribution < 1.29 is 4.74 Å². The molecule has 3 rings (SSSR count). The van der Waals surface area contributed by atoms with E-state index in [2.05, 4.69) is 34.9 Å². The van der Waals surface area contributed by atoms with Crippen molar-refractivity contribution in [2.24, 2.45) is 5.73 Å². The molecule has 1 saturated heterocycles. The van der Waals surface area contributed by atoms with E-state index in [4.69, 9.17) is 10.5 Å². The lowest BCUT2D eigenvalue weighted by Crippen LogP contribution is -2.48. The van der Waals surface area contributed by atoms with Crippen molar-refractivity contribution in [2.45, 2.75) is 31.7 Å². The molecular weight excluding hydrogens is 274 g/mol. The summed E-state index contributed by atoms with van der Waals surface area (Å²) >= 11 is 0. The number of hydrogen-bond donors (Lipinski definition) is 3. The van der Waals surface area contributed by atoms with Gasteiger partial charge in [-0.05, 0) is 49.2 Å². The van der Waals surface area contributed by atoms with Crippen LogP contribution >= 0.6 is 0 Å². The van der Waals surface area contributed by atoms with Gasteiger partial charge in [-0.2, -0.15) is 0 Å². The van der Waals surface area contributed by atoms with E-state index >= 15 is 0 Å². The fourth-order valence-electron chi connectivity index (χ4n) is 2.71. The Hall–Kier alpha value is -2.04. The van der Waals surface area contributed by atoms with Crippen LogP contribution < -0.4 is 21.1 Å². The summed E-state index contributed by atoms with van der Waals surface area (Å²) in [5.74, 6) is 0.886. The molecule has 116 valence electrons. The standard InChI is InChI=1S/C18H23N3O/c19-18-12-16(10-11-20-18)21-15-6-8-17(9-7-15)22-13-14-4-2-1-3-5-14/h1-9,16,18,20-21H,10-13,19H2. The first-order chi connectivity index (χ1) is 10.8. The maximum Gasteiger partial charge on any atom is 0.119 e. The minimum absolute atomic E-state index is 0.0970. The molecule has 0 radical (unpaired) electrons. The molecule has 1 aliphatic heterocycles. The number of ether oxygens (including phenoxy) is 1. The smallest absolute Gasteiger partial charge is 0.119 e. The van der Waals surface area contributed by atoms with Crippen LogP contribution in [0.15, 0.2) is 54.6 Å². The second-order valence-corrected chi connectivity index (χ2v) is 5.72. The van der Waals surface area contributed by atoms with E-state index in [0.717, 1.165) is 30.8 Å². The van der Waals surface area contributed by atoms with Crippen molar-refractivity contribution in [2.75, 3.05) is 11.9 Å². The predicted octanol–water partition coefficient (Wildman–Crippen LogP) is 2.71. The minimum Gasteiger partial charge on any atom is -0.489 e. The van der Waals surface area contributed by atoms with Crippen LogP contribution in [0.25, 0.3) is 0 Å². The minimum atomic E-state index is 0.0970. The molecule has 0 saturated carbocycles. The molecule has 22 heavy (non-hydrogen) atoms. The van der Waals surface area contributed by atoms with Crippen LogP contribution in [0.3, 0.4) is 0 Å². The van der Waals surface area contributed by atoms with Gasteiger partial charge in [0.05, 0.1) is 6.17 Å². The van der Waals surface area contributed by atoms with Crippen LogP contribution in [-0.4, -0.2) is 18.8 Å². The Balaban J connectivity index is 1.51. The fraction of sp³-hybridized carbons (Fsp3) is 0.333. The molecule has 1 aliphatic rings. The molecule has 0 spiro atoms. The number of nitrogens with two attached hydrogens (primary N) is 1. The Kier molecular flexibility index (Phi) is 4.93. The number of benzene rings is 2. The van der Waals surface area contributed by atoms with Crippen LogP contribution in [-0.2, 0) is 6.61 Å².